The van der Waals surface area contributed by atoms with E-state index in [1.54, 1.807) is 0 Å². The molecule has 1 nitrogen and oxygen atoms in total. The van der Waals surface area contributed by atoms with Crippen molar-refractivity contribution in [2.75, 3.05) is 11.9 Å². The molecule has 0 atom stereocenters. The molecule has 0 radical (unpaired) electrons. The van der Waals surface area contributed by atoms with Gasteiger partial charge >= 0.3 is 0 Å². The lowest BCUT2D eigenvalue weighted by molar-refractivity contribution is 1.28. The molecule has 0 spiro atoms. The summed E-state index contributed by atoms with van der Waals surface area (Å²) in [7, 11) is 0. The highest BCUT2D eigenvalue weighted by atomic mass is 79.9. The molecule has 1 N–H and O–H groups in total. The average Bonchev–Trinajstić information content (AvgIpc) is 2.10. The molecule has 76 valence electrons. The number of benzene rings is 1. The van der Waals surface area contributed by atoms with Crippen LogP contribution in [0.3, 0.4) is 0 Å². The van der Waals surface area contributed by atoms with Crippen LogP contribution in [0.15, 0.2) is 27.7 Å². The third kappa shape index (κ3) is 3.14. The van der Waals surface area contributed by atoms with Gasteiger partial charge in [0.15, 0.2) is 0 Å². The van der Waals surface area contributed by atoms with Crippen LogP contribution in [0.2, 0.25) is 0 Å². The molecule has 0 aliphatic carbocycles. The molecule has 0 saturated carbocycles. The van der Waals surface area contributed by atoms with E-state index in [-0.39, 0.29) is 0 Å². The Bertz CT molecular complexity index is 335. The van der Waals surface area contributed by atoms with Gasteiger partial charge in [0.1, 0.15) is 0 Å². The third-order valence-corrected chi connectivity index (χ3v) is 3.45. The van der Waals surface area contributed by atoms with Gasteiger partial charge in [-0.05, 0) is 37.1 Å². The highest BCUT2D eigenvalue weighted by Crippen LogP contribution is 2.25. The maximum atomic E-state index is 3.78. The minimum atomic E-state index is 0.751. The van der Waals surface area contributed by atoms with Crippen LogP contribution in [-0.2, 0) is 0 Å². The van der Waals surface area contributed by atoms with E-state index < -0.39 is 0 Å². The Morgan fingerprint density at radius 1 is 1.36 bits per heavy atom. The lowest BCUT2D eigenvalue weighted by atomic mass is 10.1. The predicted octanol–water partition coefficient (Wildman–Crippen LogP) is 4.39. The van der Waals surface area contributed by atoms with Crippen molar-refractivity contribution in [1.82, 2.24) is 0 Å². The number of rotatable bonds is 3. The molecule has 1 aromatic carbocycles. The van der Waals surface area contributed by atoms with E-state index in [4.69, 9.17) is 0 Å². The van der Waals surface area contributed by atoms with Crippen molar-refractivity contribution in [2.24, 2.45) is 0 Å². The number of anilines is 1. The Kier molecular flexibility index (Phi) is 4.20. The van der Waals surface area contributed by atoms with Crippen LogP contribution < -0.4 is 5.32 Å². The van der Waals surface area contributed by atoms with Crippen LogP contribution in [0, 0.1) is 13.8 Å². The standard InChI is InChI=1S/C11H13Br2N/c1-7-4-10(14-6-9(3)12)5-8(2)11(7)13/h4-5,14H,3,6H2,1-2H3. The summed E-state index contributed by atoms with van der Waals surface area (Å²) in [5, 5.41) is 3.29. The fraction of sp³-hybridized carbons (Fsp3) is 0.273. The Morgan fingerprint density at radius 3 is 2.29 bits per heavy atom. The van der Waals surface area contributed by atoms with E-state index in [0.29, 0.717) is 0 Å². The topological polar surface area (TPSA) is 12.0 Å². The number of nitrogens with one attached hydrogen (secondary N) is 1. The summed E-state index contributed by atoms with van der Waals surface area (Å²) in [6, 6.07) is 4.24. The van der Waals surface area contributed by atoms with E-state index in [1.807, 2.05) is 0 Å². The van der Waals surface area contributed by atoms with Crippen LogP contribution in [0.1, 0.15) is 11.1 Å². The molecule has 0 fully saturated rings. The van der Waals surface area contributed by atoms with Crippen molar-refractivity contribution in [1.29, 1.82) is 0 Å². The largest absolute Gasteiger partial charge is 0.380 e. The Balaban J connectivity index is 2.84. The van der Waals surface area contributed by atoms with Crippen molar-refractivity contribution in [3.8, 4) is 0 Å². The van der Waals surface area contributed by atoms with Gasteiger partial charge in [-0.1, -0.05) is 38.4 Å². The number of hydrogen-bond donors (Lipinski definition) is 1. The molecule has 0 unspecified atom stereocenters. The second-order valence-electron chi connectivity index (χ2n) is 3.29. The summed E-state index contributed by atoms with van der Waals surface area (Å²) < 4.78 is 2.14. The molecular formula is C11H13Br2N. The van der Waals surface area contributed by atoms with E-state index in [2.05, 4.69) is 69.7 Å². The number of aryl methyl sites for hydroxylation is 2. The SMILES string of the molecule is C=C(Br)CNc1cc(C)c(Br)c(C)c1. The van der Waals surface area contributed by atoms with Gasteiger partial charge in [-0.15, -0.1) is 0 Å². The van der Waals surface area contributed by atoms with Crippen LogP contribution in [-0.4, -0.2) is 6.54 Å². The van der Waals surface area contributed by atoms with Crippen molar-refractivity contribution in [2.45, 2.75) is 13.8 Å². The summed E-state index contributed by atoms with van der Waals surface area (Å²) in [4.78, 5) is 0. The number of halogens is 2. The maximum Gasteiger partial charge on any atom is 0.0460 e. The second kappa shape index (κ2) is 4.99. The van der Waals surface area contributed by atoms with Crippen molar-refractivity contribution in [3.05, 3.63) is 38.8 Å². The summed E-state index contributed by atoms with van der Waals surface area (Å²) in [6.07, 6.45) is 0. The predicted molar refractivity (Wildman–Crippen MR) is 70.2 cm³/mol. The Hall–Kier alpha value is -0.280. The van der Waals surface area contributed by atoms with Gasteiger partial charge in [0.05, 0.1) is 0 Å². The van der Waals surface area contributed by atoms with E-state index in [9.17, 15) is 0 Å². The molecule has 0 amide bonds. The summed E-state index contributed by atoms with van der Waals surface area (Å²) in [5.74, 6) is 0. The minimum absolute atomic E-state index is 0.751. The first kappa shape index (κ1) is 11.8. The normalized spacial score (nSPS) is 10.0. The van der Waals surface area contributed by atoms with E-state index in [1.165, 1.54) is 15.6 Å². The van der Waals surface area contributed by atoms with Gasteiger partial charge in [0.25, 0.3) is 0 Å². The second-order valence-corrected chi connectivity index (χ2v) is 5.21. The lowest BCUT2D eigenvalue weighted by Crippen LogP contribution is -2.01. The van der Waals surface area contributed by atoms with Crippen LogP contribution in [0.5, 0.6) is 0 Å². The first-order valence-electron chi connectivity index (χ1n) is 4.34. The first-order chi connectivity index (χ1) is 6.50. The molecule has 1 rings (SSSR count). The number of hydrogen-bond acceptors (Lipinski definition) is 1. The quantitative estimate of drug-likeness (QED) is 0.871. The molecule has 0 saturated heterocycles. The highest BCUT2D eigenvalue weighted by molar-refractivity contribution is 9.11. The van der Waals surface area contributed by atoms with Gasteiger partial charge in [0.2, 0.25) is 0 Å². The van der Waals surface area contributed by atoms with E-state index in [0.717, 1.165) is 16.7 Å². The fourth-order valence-corrected chi connectivity index (χ4v) is 1.62. The zero-order valence-electron chi connectivity index (χ0n) is 8.32. The summed E-state index contributed by atoms with van der Waals surface area (Å²) >= 11 is 6.86. The molecule has 0 bridgehead atoms. The zero-order valence-corrected chi connectivity index (χ0v) is 11.5. The Morgan fingerprint density at radius 2 is 1.86 bits per heavy atom. The van der Waals surface area contributed by atoms with Crippen molar-refractivity contribution in [3.63, 3.8) is 0 Å². The summed E-state index contributed by atoms with van der Waals surface area (Å²) in [5.41, 5.74) is 3.61. The lowest BCUT2D eigenvalue weighted by Gasteiger charge is -2.09. The van der Waals surface area contributed by atoms with Gasteiger partial charge in [-0.3, -0.25) is 0 Å². The molecule has 0 heterocycles. The minimum Gasteiger partial charge on any atom is -0.380 e. The molecular weight excluding hydrogens is 306 g/mol. The van der Waals surface area contributed by atoms with Crippen molar-refractivity contribution < 1.29 is 0 Å². The van der Waals surface area contributed by atoms with Crippen LogP contribution >= 0.6 is 31.9 Å². The monoisotopic (exact) mass is 317 g/mol. The smallest absolute Gasteiger partial charge is 0.0460 e. The maximum absolute atomic E-state index is 3.78. The van der Waals surface area contributed by atoms with Gasteiger partial charge in [0, 0.05) is 21.2 Å². The van der Waals surface area contributed by atoms with Crippen molar-refractivity contribution >= 4 is 37.5 Å². The van der Waals surface area contributed by atoms with Gasteiger partial charge in [-0.2, -0.15) is 0 Å². The van der Waals surface area contributed by atoms with Gasteiger partial charge in [-0.25, -0.2) is 0 Å². The summed E-state index contributed by atoms with van der Waals surface area (Å²) in [6.45, 7) is 8.71. The molecule has 0 aromatic heterocycles. The molecule has 0 aliphatic heterocycles. The molecule has 0 aliphatic rings. The van der Waals surface area contributed by atoms with E-state index >= 15 is 0 Å². The van der Waals surface area contributed by atoms with Gasteiger partial charge < -0.3 is 5.32 Å². The van der Waals surface area contributed by atoms with Crippen LogP contribution in [0.25, 0.3) is 0 Å². The fourth-order valence-electron chi connectivity index (χ4n) is 1.25. The first-order valence-corrected chi connectivity index (χ1v) is 5.93. The highest BCUT2D eigenvalue weighted by Gasteiger charge is 2.01. The Labute approximate surface area is 102 Å². The van der Waals surface area contributed by atoms with Crippen LogP contribution in [0.4, 0.5) is 5.69 Å². The molecule has 1 aromatic rings. The molecule has 3 heteroatoms. The molecule has 14 heavy (non-hydrogen) atoms. The third-order valence-electron chi connectivity index (χ3n) is 1.92. The zero-order chi connectivity index (χ0) is 10.7. The average molecular weight is 319 g/mol.